The minimum absolute atomic E-state index is 0.124. The summed E-state index contributed by atoms with van der Waals surface area (Å²) in [6, 6.07) is 10.9. The van der Waals surface area contributed by atoms with Gasteiger partial charge in [0.25, 0.3) is 0 Å². The first-order valence-corrected chi connectivity index (χ1v) is 11.2. The third-order valence-corrected chi connectivity index (χ3v) is 6.02. The number of sulfonamides is 1. The number of nitrogens with one attached hydrogen (secondary N) is 2. The van der Waals surface area contributed by atoms with E-state index in [-0.39, 0.29) is 23.3 Å². The molecule has 0 radical (unpaired) electrons. The third-order valence-electron chi connectivity index (χ3n) is 4.53. The first kappa shape index (κ1) is 23.7. The summed E-state index contributed by atoms with van der Waals surface area (Å²) >= 11 is 0. The number of hydrogen-bond donors (Lipinski definition) is 2. The minimum Gasteiger partial charge on any atom is -0.497 e. The zero-order chi connectivity index (χ0) is 22.3. The zero-order valence-electron chi connectivity index (χ0n) is 18.1. The Bertz CT molecular complexity index is 934. The molecule has 0 saturated heterocycles. The molecule has 0 spiro atoms. The number of ether oxygens (including phenoxy) is 2. The van der Waals surface area contributed by atoms with Crippen molar-refractivity contribution in [3.05, 3.63) is 53.6 Å². The topological polar surface area (TPSA) is 93.7 Å². The van der Waals surface area contributed by atoms with E-state index in [1.165, 1.54) is 12.1 Å². The van der Waals surface area contributed by atoms with E-state index in [0.29, 0.717) is 17.9 Å². The molecule has 0 aliphatic rings. The second kappa shape index (κ2) is 10.4. The molecule has 7 nitrogen and oxygen atoms in total. The highest BCUT2D eigenvalue weighted by molar-refractivity contribution is 7.89. The highest BCUT2D eigenvalue weighted by Gasteiger charge is 2.26. The van der Waals surface area contributed by atoms with Gasteiger partial charge in [0.1, 0.15) is 17.5 Å². The fraction of sp³-hybridized carbons (Fsp3) is 0.409. The molecule has 0 aliphatic carbocycles. The number of aryl methyl sites for hydroxylation is 1. The average molecular weight is 435 g/mol. The Morgan fingerprint density at radius 1 is 1.00 bits per heavy atom. The highest BCUT2D eigenvalue weighted by atomic mass is 32.2. The summed E-state index contributed by atoms with van der Waals surface area (Å²) in [5, 5.41) is 2.81. The van der Waals surface area contributed by atoms with Crippen molar-refractivity contribution in [3.63, 3.8) is 0 Å². The Labute approximate surface area is 178 Å². The molecule has 0 heterocycles. The molecule has 0 bridgehead atoms. The smallest absolute Gasteiger partial charge is 0.241 e. The summed E-state index contributed by atoms with van der Waals surface area (Å²) in [4.78, 5) is 13.0. The van der Waals surface area contributed by atoms with Crippen molar-refractivity contribution in [2.75, 3.05) is 14.2 Å². The zero-order valence-corrected chi connectivity index (χ0v) is 18.9. The molecule has 8 heteroatoms. The van der Waals surface area contributed by atoms with Crippen LogP contribution < -0.4 is 19.5 Å². The van der Waals surface area contributed by atoms with E-state index in [1.54, 1.807) is 44.6 Å². The summed E-state index contributed by atoms with van der Waals surface area (Å²) in [5.74, 6) is 0.953. The van der Waals surface area contributed by atoms with Gasteiger partial charge in [-0.25, -0.2) is 8.42 Å². The van der Waals surface area contributed by atoms with E-state index in [1.807, 2.05) is 20.8 Å². The SMILES string of the molecule is COc1cc(CNC(=O)C(CC(C)C)NS(=O)(=O)c2ccc(C)cc2)cc(OC)c1. The van der Waals surface area contributed by atoms with Gasteiger partial charge in [-0.3, -0.25) is 4.79 Å². The Kier molecular flexibility index (Phi) is 8.25. The van der Waals surface area contributed by atoms with E-state index < -0.39 is 16.1 Å². The lowest BCUT2D eigenvalue weighted by molar-refractivity contribution is -0.123. The van der Waals surface area contributed by atoms with Crippen LogP contribution in [0.1, 0.15) is 31.4 Å². The van der Waals surface area contributed by atoms with Crippen LogP contribution in [0.4, 0.5) is 0 Å². The van der Waals surface area contributed by atoms with Crippen LogP contribution in [0.25, 0.3) is 0 Å². The first-order valence-electron chi connectivity index (χ1n) is 9.73. The highest BCUT2D eigenvalue weighted by Crippen LogP contribution is 2.22. The molecule has 0 aromatic heterocycles. The van der Waals surface area contributed by atoms with E-state index in [0.717, 1.165) is 11.1 Å². The van der Waals surface area contributed by atoms with Crippen LogP contribution in [-0.4, -0.2) is 34.6 Å². The van der Waals surface area contributed by atoms with Crippen LogP contribution in [0.15, 0.2) is 47.4 Å². The second-order valence-electron chi connectivity index (χ2n) is 7.56. The molecule has 0 fully saturated rings. The number of carbonyl (C=O) groups excluding carboxylic acids is 1. The number of amides is 1. The van der Waals surface area contributed by atoms with Crippen LogP contribution in [0.2, 0.25) is 0 Å². The summed E-state index contributed by atoms with van der Waals surface area (Å²) in [6.07, 6.45) is 0.373. The van der Waals surface area contributed by atoms with Gasteiger partial charge in [-0.15, -0.1) is 0 Å². The second-order valence-corrected chi connectivity index (χ2v) is 9.27. The molecule has 2 rings (SSSR count). The van der Waals surface area contributed by atoms with Crippen molar-refractivity contribution in [3.8, 4) is 11.5 Å². The normalized spacial score (nSPS) is 12.5. The Balaban J connectivity index is 2.14. The monoisotopic (exact) mass is 434 g/mol. The number of hydrogen-bond acceptors (Lipinski definition) is 5. The van der Waals surface area contributed by atoms with Crippen LogP contribution >= 0.6 is 0 Å². The van der Waals surface area contributed by atoms with Gasteiger partial charge in [-0.05, 0) is 49.1 Å². The lowest BCUT2D eigenvalue weighted by atomic mass is 10.0. The fourth-order valence-corrected chi connectivity index (χ4v) is 4.14. The molecular weight excluding hydrogens is 404 g/mol. The van der Waals surface area contributed by atoms with E-state index in [4.69, 9.17) is 9.47 Å². The van der Waals surface area contributed by atoms with Crippen molar-refractivity contribution in [1.29, 1.82) is 0 Å². The summed E-state index contributed by atoms with van der Waals surface area (Å²) in [6.45, 7) is 5.97. The van der Waals surface area contributed by atoms with Crippen molar-refractivity contribution < 1.29 is 22.7 Å². The van der Waals surface area contributed by atoms with Gasteiger partial charge in [0, 0.05) is 12.6 Å². The maximum absolute atomic E-state index is 12.8. The standard InChI is InChI=1S/C22H30N2O5S/c1-15(2)10-21(24-30(26,27)20-8-6-16(3)7-9-20)22(25)23-14-17-11-18(28-4)13-19(12-17)29-5/h6-9,11-13,15,21,24H,10,14H2,1-5H3,(H,23,25). The third kappa shape index (κ3) is 6.74. The van der Waals surface area contributed by atoms with Crippen molar-refractivity contribution >= 4 is 15.9 Å². The van der Waals surface area contributed by atoms with Gasteiger partial charge >= 0.3 is 0 Å². The summed E-state index contributed by atoms with van der Waals surface area (Å²) in [7, 11) is -0.720. The first-order chi connectivity index (χ1) is 14.1. The number of rotatable bonds is 10. The summed E-state index contributed by atoms with van der Waals surface area (Å²) in [5.41, 5.74) is 1.74. The Morgan fingerprint density at radius 2 is 1.57 bits per heavy atom. The molecule has 1 atom stereocenters. The van der Waals surface area contributed by atoms with Crippen LogP contribution in [-0.2, 0) is 21.4 Å². The molecule has 30 heavy (non-hydrogen) atoms. The number of carbonyl (C=O) groups is 1. The largest absolute Gasteiger partial charge is 0.497 e. The van der Waals surface area contributed by atoms with Crippen molar-refractivity contribution in [2.24, 2.45) is 5.92 Å². The molecule has 2 aromatic rings. The maximum Gasteiger partial charge on any atom is 0.241 e. The molecular formula is C22H30N2O5S. The Morgan fingerprint density at radius 3 is 2.07 bits per heavy atom. The molecule has 0 saturated carbocycles. The number of methoxy groups -OCH3 is 2. The van der Waals surface area contributed by atoms with Gasteiger partial charge in [0.05, 0.1) is 19.1 Å². The van der Waals surface area contributed by atoms with Gasteiger partial charge in [-0.2, -0.15) is 4.72 Å². The van der Waals surface area contributed by atoms with E-state index in [9.17, 15) is 13.2 Å². The van der Waals surface area contributed by atoms with Crippen LogP contribution in [0.5, 0.6) is 11.5 Å². The van der Waals surface area contributed by atoms with Gasteiger partial charge in [0.2, 0.25) is 15.9 Å². The van der Waals surface area contributed by atoms with E-state index >= 15 is 0 Å². The quantitative estimate of drug-likeness (QED) is 0.600. The molecule has 2 aromatic carbocycles. The Hall–Kier alpha value is -2.58. The lowest BCUT2D eigenvalue weighted by Gasteiger charge is -2.20. The van der Waals surface area contributed by atoms with Gasteiger partial charge in [-0.1, -0.05) is 31.5 Å². The summed E-state index contributed by atoms with van der Waals surface area (Å²) < 4.78 is 38.6. The predicted octanol–water partition coefficient (Wildman–Crippen LogP) is 3.02. The molecule has 164 valence electrons. The molecule has 1 unspecified atom stereocenters. The van der Waals surface area contributed by atoms with E-state index in [2.05, 4.69) is 10.0 Å². The average Bonchev–Trinajstić information content (AvgIpc) is 2.71. The maximum atomic E-state index is 12.8. The van der Waals surface area contributed by atoms with Crippen LogP contribution in [0.3, 0.4) is 0 Å². The van der Waals surface area contributed by atoms with Gasteiger partial charge < -0.3 is 14.8 Å². The van der Waals surface area contributed by atoms with Crippen molar-refractivity contribution in [1.82, 2.24) is 10.0 Å². The lowest BCUT2D eigenvalue weighted by Crippen LogP contribution is -2.47. The molecule has 0 aliphatic heterocycles. The molecule has 1 amide bonds. The molecule has 2 N–H and O–H groups in total. The van der Waals surface area contributed by atoms with Crippen molar-refractivity contribution in [2.45, 2.75) is 44.7 Å². The predicted molar refractivity (Wildman–Crippen MR) is 116 cm³/mol. The van der Waals surface area contributed by atoms with Crippen LogP contribution in [0, 0.1) is 12.8 Å². The van der Waals surface area contributed by atoms with Gasteiger partial charge in [0.15, 0.2) is 0 Å². The number of benzene rings is 2. The fourth-order valence-electron chi connectivity index (χ4n) is 2.93. The minimum atomic E-state index is -3.82.